The van der Waals surface area contributed by atoms with Crippen molar-refractivity contribution in [2.45, 2.75) is 6.61 Å². The van der Waals surface area contributed by atoms with Crippen LogP contribution in [0.15, 0.2) is 84.9 Å². The molecule has 0 N–H and O–H groups in total. The summed E-state index contributed by atoms with van der Waals surface area (Å²) in [6, 6.07) is 22.7. The maximum atomic E-state index is 13.1. The second-order valence-electron chi connectivity index (χ2n) is 5.52. The molecule has 130 valence electrons. The molecular weight excluding hydrogens is 331 g/mol. The van der Waals surface area contributed by atoms with E-state index in [2.05, 4.69) is 0 Å². The number of hydrogen-bond acceptors (Lipinski definition) is 3. The van der Waals surface area contributed by atoms with Crippen LogP contribution in [0, 0.1) is 5.82 Å². The van der Waals surface area contributed by atoms with Crippen LogP contribution >= 0.6 is 0 Å². The molecule has 0 fully saturated rings. The molecule has 3 aromatic rings. The van der Waals surface area contributed by atoms with E-state index >= 15 is 0 Å². The molecule has 0 aliphatic heterocycles. The number of esters is 1. The molecule has 0 atom stereocenters. The first-order chi connectivity index (χ1) is 12.7. The van der Waals surface area contributed by atoms with E-state index in [1.165, 1.54) is 24.3 Å². The van der Waals surface area contributed by atoms with Crippen molar-refractivity contribution >= 4 is 12.0 Å². The molecule has 0 amide bonds. The first-order valence-corrected chi connectivity index (χ1v) is 8.12. The van der Waals surface area contributed by atoms with Crippen LogP contribution < -0.4 is 4.74 Å². The van der Waals surface area contributed by atoms with Crippen molar-refractivity contribution in [3.8, 4) is 11.5 Å². The Bertz CT molecular complexity index is 904. The summed E-state index contributed by atoms with van der Waals surface area (Å²) in [6.45, 7) is 0.0787. The monoisotopic (exact) mass is 348 g/mol. The van der Waals surface area contributed by atoms with Crippen molar-refractivity contribution < 1.29 is 18.7 Å². The lowest BCUT2D eigenvalue weighted by Crippen LogP contribution is -2.02. The maximum absolute atomic E-state index is 13.1. The summed E-state index contributed by atoms with van der Waals surface area (Å²) in [6.07, 6.45) is 2.78. The van der Waals surface area contributed by atoms with Crippen molar-refractivity contribution in [2.75, 3.05) is 0 Å². The van der Waals surface area contributed by atoms with Crippen LogP contribution in [0.25, 0.3) is 6.08 Å². The van der Waals surface area contributed by atoms with Crippen molar-refractivity contribution in [3.63, 3.8) is 0 Å². The second kappa shape index (κ2) is 8.62. The lowest BCUT2D eigenvalue weighted by molar-refractivity contribution is -0.138. The van der Waals surface area contributed by atoms with Crippen LogP contribution in [0.2, 0.25) is 0 Å². The maximum Gasteiger partial charge on any atom is 0.331 e. The van der Waals surface area contributed by atoms with Gasteiger partial charge in [-0.1, -0.05) is 48.5 Å². The highest BCUT2D eigenvalue weighted by atomic mass is 19.1. The minimum atomic E-state index is -0.510. The van der Waals surface area contributed by atoms with Gasteiger partial charge in [0.05, 0.1) is 0 Å². The van der Waals surface area contributed by atoms with Gasteiger partial charge >= 0.3 is 5.97 Å². The predicted molar refractivity (Wildman–Crippen MR) is 98.2 cm³/mol. The smallest absolute Gasteiger partial charge is 0.331 e. The van der Waals surface area contributed by atoms with Gasteiger partial charge in [0.15, 0.2) is 0 Å². The Morgan fingerprint density at radius 2 is 1.69 bits per heavy atom. The molecule has 0 saturated heterocycles. The Morgan fingerprint density at radius 1 is 0.923 bits per heavy atom. The molecule has 3 nitrogen and oxygen atoms in total. The highest BCUT2D eigenvalue weighted by Crippen LogP contribution is 2.25. The molecule has 4 heteroatoms. The third-order valence-electron chi connectivity index (χ3n) is 3.57. The SMILES string of the molecule is O=C(/C=C/c1cccc(F)c1)OCc1ccccc1Oc1ccccc1. The van der Waals surface area contributed by atoms with Gasteiger partial charge in [0, 0.05) is 11.6 Å². The fourth-order valence-corrected chi connectivity index (χ4v) is 2.31. The van der Waals surface area contributed by atoms with Crippen LogP contribution in [-0.2, 0) is 16.1 Å². The standard InChI is InChI=1S/C22H17FO3/c23-19-9-6-7-17(15-19)13-14-22(24)25-16-18-8-4-5-12-21(18)26-20-10-2-1-3-11-20/h1-15H,16H2/b14-13+. The van der Waals surface area contributed by atoms with Gasteiger partial charge in [0.25, 0.3) is 0 Å². The molecular formula is C22H17FO3. The van der Waals surface area contributed by atoms with Gasteiger partial charge in [-0.05, 0) is 42.0 Å². The van der Waals surface area contributed by atoms with Gasteiger partial charge in [-0.25, -0.2) is 9.18 Å². The first kappa shape index (κ1) is 17.4. The summed E-state index contributed by atoms with van der Waals surface area (Å²) >= 11 is 0. The summed E-state index contributed by atoms with van der Waals surface area (Å²) in [5.41, 5.74) is 1.35. The Labute approximate surface area is 151 Å². The number of ether oxygens (including phenoxy) is 2. The number of hydrogen-bond donors (Lipinski definition) is 0. The van der Waals surface area contributed by atoms with Crippen LogP contribution in [-0.4, -0.2) is 5.97 Å². The average Bonchev–Trinajstić information content (AvgIpc) is 2.66. The van der Waals surface area contributed by atoms with E-state index in [0.717, 1.165) is 5.56 Å². The van der Waals surface area contributed by atoms with Crippen LogP contribution in [0.5, 0.6) is 11.5 Å². The third-order valence-corrected chi connectivity index (χ3v) is 3.57. The number of benzene rings is 3. The van der Waals surface area contributed by atoms with Crippen molar-refractivity contribution in [3.05, 3.63) is 102 Å². The molecule has 3 aromatic carbocycles. The summed E-state index contributed by atoms with van der Waals surface area (Å²) in [5, 5.41) is 0. The van der Waals surface area contributed by atoms with Crippen LogP contribution in [0.4, 0.5) is 4.39 Å². The molecule has 0 aromatic heterocycles. The molecule has 0 spiro atoms. The summed E-state index contributed by atoms with van der Waals surface area (Å²) in [7, 11) is 0. The Balaban J connectivity index is 1.61. The van der Waals surface area contributed by atoms with Crippen molar-refractivity contribution in [2.24, 2.45) is 0 Å². The van der Waals surface area contributed by atoms with Gasteiger partial charge in [-0.3, -0.25) is 0 Å². The Kier molecular flexibility index (Phi) is 5.78. The number of halogens is 1. The normalized spacial score (nSPS) is 10.7. The highest BCUT2D eigenvalue weighted by Gasteiger charge is 2.07. The van der Waals surface area contributed by atoms with E-state index in [1.807, 2.05) is 54.6 Å². The van der Waals surface area contributed by atoms with E-state index in [0.29, 0.717) is 17.1 Å². The number of rotatable bonds is 6. The Morgan fingerprint density at radius 3 is 2.50 bits per heavy atom. The number of carbonyl (C=O) groups excluding carboxylic acids is 1. The van der Waals surface area contributed by atoms with Gasteiger partial charge in [0.2, 0.25) is 0 Å². The second-order valence-corrected chi connectivity index (χ2v) is 5.52. The summed E-state index contributed by atoms with van der Waals surface area (Å²) < 4.78 is 24.2. The topological polar surface area (TPSA) is 35.5 Å². The van der Waals surface area contributed by atoms with E-state index in [4.69, 9.17) is 9.47 Å². The Hall–Kier alpha value is -3.40. The molecule has 0 radical (unpaired) electrons. The third kappa shape index (κ3) is 5.05. The molecule has 26 heavy (non-hydrogen) atoms. The average molecular weight is 348 g/mol. The molecule has 0 aliphatic carbocycles. The molecule has 0 saturated carbocycles. The number of carbonyl (C=O) groups is 1. The molecule has 0 heterocycles. The quantitative estimate of drug-likeness (QED) is 0.443. The van der Waals surface area contributed by atoms with Crippen LogP contribution in [0.3, 0.4) is 0 Å². The minimum absolute atomic E-state index is 0.0787. The van der Waals surface area contributed by atoms with Crippen molar-refractivity contribution in [1.29, 1.82) is 0 Å². The molecule has 0 bridgehead atoms. The van der Waals surface area contributed by atoms with Crippen LogP contribution in [0.1, 0.15) is 11.1 Å². The largest absolute Gasteiger partial charge is 0.458 e. The lowest BCUT2D eigenvalue weighted by atomic mass is 10.2. The van der Waals surface area contributed by atoms with Gasteiger partial charge in [-0.15, -0.1) is 0 Å². The first-order valence-electron chi connectivity index (χ1n) is 8.12. The minimum Gasteiger partial charge on any atom is -0.458 e. The zero-order valence-corrected chi connectivity index (χ0v) is 14.0. The van der Waals surface area contributed by atoms with E-state index in [9.17, 15) is 9.18 Å². The predicted octanol–water partition coefficient (Wildman–Crippen LogP) is 5.37. The summed E-state index contributed by atoms with van der Waals surface area (Å²) in [4.78, 5) is 11.9. The van der Waals surface area contributed by atoms with Gasteiger partial charge in [0.1, 0.15) is 23.9 Å². The van der Waals surface area contributed by atoms with Gasteiger partial charge < -0.3 is 9.47 Å². The van der Waals surface area contributed by atoms with E-state index in [1.54, 1.807) is 12.1 Å². The van der Waals surface area contributed by atoms with E-state index < -0.39 is 5.97 Å². The zero-order chi connectivity index (χ0) is 18.2. The summed E-state index contributed by atoms with van der Waals surface area (Å²) in [5.74, 6) is 0.467. The lowest BCUT2D eigenvalue weighted by Gasteiger charge is -2.11. The number of para-hydroxylation sites is 2. The van der Waals surface area contributed by atoms with Gasteiger partial charge in [-0.2, -0.15) is 0 Å². The van der Waals surface area contributed by atoms with E-state index in [-0.39, 0.29) is 12.4 Å². The van der Waals surface area contributed by atoms with Crippen molar-refractivity contribution in [1.82, 2.24) is 0 Å². The highest BCUT2D eigenvalue weighted by molar-refractivity contribution is 5.87. The zero-order valence-electron chi connectivity index (χ0n) is 14.0. The molecule has 0 aliphatic rings. The fourth-order valence-electron chi connectivity index (χ4n) is 2.31. The molecule has 3 rings (SSSR count). The fraction of sp³-hybridized carbons (Fsp3) is 0.0455. The molecule has 0 unspecified atom stereocenters.